The number of hydrogen-bond donors (Lipinski definition) is 0. The Morgan fingerprint density at radius 1 is 0.947 bits per heavy atom. The molecule has 0 saturated carbocycles. The normalized spacial score (nSPS) is 10.6. The summed E-state index contributed by atoms with van der Waals surface area (Å²) in [6.45, 7) is 0.916. The van der Waals surface area contributed by atoms with Crippen molar-refractivity contribution in [3.63, 3.8) is 0 Å². The Kier molecular flexibility index (Phi) is 5.58. The maximum absolute atomic E-state index is 5.36. The minimum Gasteiger partial charge on any atom is -0.359 e. The molecular formula is C16H17BrO2. The quantitative estimate of drug-likeness (QED) is 0.587. The van der Waals surface area contributed by atoms with E-state index in [1.165, 1.54) is 16.7 Å². The molecule has 0 aliphatic carbocycles. The monoisotopic (exact) mass is 320 g/mol. The topological polar surface area (TPSA) is 18.5 Å². The maximum atomic E-state index is 5.36. The van der Waals surface area contributed by atoms with Crippen LogP contribution in [0.4, 0.5) is 0 Å². The van der Waals surface area contributed by atoms with E-state index in [4.69, 9.17) is 9.47 Å². The van der Waals surface area contributed by atoms with Gasteiger partial charge in [-0.15, -0.1) is 0 Å². The first-order valence-electron chi connectivity index (χ1n) is 6.17. The van der Waals surface area contributed by atoms with Crippen LogP contribution in [-0.2, 0) is 22.5 Å². The van der Waals surface area contributed by atoms with E-state index in [1.54, 1.807) is 7.11 Å². The zero-order valence-electron chi connectivity index (χ0n) is 10.9. The van der Waals surface area contributed by atoms with Crippen molar-refractivity contribution in [2.24, 2.45) is 0 Å². The maximum Gasteiger partial charge on any atom is 0.146 e. The van der Waals surface area contributed by atoms with Crippen LogP contribution in [0.25, 0.3) is 0 Å². The second kappa shape index (κ2) is 7.43. The predicted molar refractivity (Wildman–Crippen MR) is 80.1 cm³/mol. The van der Waals surface area contributed by atoms with Gasteiger partial charge >= 0.3 is 0 Å². The van der Waals surface area contributed by atoms with Gasteiger partial charge < -0.3 is 9.47 Å². The summed E-state index contributed by atoms with van der Waals surface area (Å²) in [4.78, 5) is 0. The van der Waals surface area contributed by atoms with Crippen molar-refractivity contribution in [2.75, 3.05) is 13.9 Å². The summed E-state index contributed by atoms with van der Waals surface area (Å²) in [5.41, 5.74) is 3.77. The smallest absolute Gasteiger partial charge is 0.146 e. The largest absolute Gasteiger partial charge is 0.359 e. The van der Waals surface area contributed by atoms with Crippen molar-refractivity contribution in [3.05, 3.63) is 69.7 Å². The average Bonchev–Trinajstić information content (AvgIpc) is 2.42. The average molecular weight is 321 g/mol. The molecule has 0 atom stereocenters. The first kappa shape index (κ1) is 14.3. The van der Waals surface area contributed by atoms with Gasteiger partial charge in [-0.25, -0.2) is 0 Å². The van der Waals surface area contributed by atoms with E-state index in [2.05, 4.69) is 64.5 Å². The molecule has 0 heterocycles. The summed E-state index contributed by atoms with van der Waals surface area (Å²) in [7, 11) is 1.63. The third-order valence-corrected chi connectivity index (χ3v) is 3.31. The molecule has 19 heavy (non-hydrogen) atoms. The van der Waals surface area contributed by atoms with Crippen LogP contribution in [0.15, 0.2) is 53.0 Å². The van der Waals surface area contributed by atoms with E-state index in [0.29, 0.717) is 13.4 Å². The Hall–Kier alpha value is -1.16. The molecular weight excluding hydrogens is 304 g/mol. The molecule has 2 aromatic carbocycles. The molecule has 0 bridgehead atoms. The van der Waals surface area contributed by atoms with Crippen molar-refractivity contribution in [2.45, 2.75) is 13.0 Å². The number of benzene rings is 2. The zero-order valence-corrected chi connectivity index (χ0v) is 12.5. The van der Waals surface area contributed by atoms with Gasteiger partial charge in [0.1, 0.15) is 6.79 Å². The summed E-state index contributed by atoms with van der Waals surface area (Å²) >= 11 is 3.45. The van der Waals surface area contributed by atoms with Crippen molar-refractivity contribution in [3.8, 4) is 0 Å². The highest BCUT2D eigenvalue weighted by molar-refractivity contribution is 9.10. The third kappa shape index (κ3) is 4.78. The van der Waals surface area contributed by atoms with Crippen LogP contribution in [-0.4, -0.2) is 13.9 Å². The molecule has 0 spiro atoms. The number of methoxy groups -OCH3 is 1. The molecule has 2 rings (SSSR count). The minimum atomic E-state index is 0.330. The van der Waals surface area contributed by atoms with Crippen LogP contribution < -0.4 is 0 Å². The summed E-state index contributed by atoms with van der Waals surface area (Å²) in [6.07, 6.45) is 0.936. The molecule has 0 aromatic heterocycles. The summed E-state index contributed by atoms with van der Waals surface area (Å²) in [5, 5.41) is 0. The van der Waals surface area contributed by atoms with Gasteiger partial charge in [-0.1, -0.05) is 52.3 Å². The van der Waals surface area contributed by atoms with Gasteiger partial charge in [0.25, 0.3) is 0 Å². The predicted octanol–water partition coefficient (Wildman–Crippen LogP) is 4.16. The van der Waals surface area contributed by atoms with E-state index in [1.807, 2.05) is 0 Å². The number of rotatable bonds is 6. The third-order valence-electron chi connectivity index (χ3n) is 2.78. The van der Waals surface area contributed by atoms with Gasteiger partial charge in [0, 0.05) is 11.6 Å². The van der Waals surface area contributed by atoms with Gasteiger partial charge in [-0.3, -0.25) is 0 Å². The second-order valence-electron chi connectivity index (χ2n) is 4.38. The Morgan fingerprint density at radius 3 is 2.42 bits per heavy atom. The van der Waals surface area contributed by atoms with Crippen molar-refractivity contribution >= 4 is 15.9 Å². The fourth-order valence-electron chi connectivity index (χ4n) is 1.91. The zero-order chi connectivity index (χ0) is 13.5. The molecule has 100 valence electrons. The Balaban J connectivity index is 2.00. The fraction of sp³-hybridized carbons (Fsp3) is 0.250. The van der Waals surface area contributed by atoms with Gasteiger partial charge in [0.05, 0.1) is 6.61 Å². The Morgan fingerprint density at radius 2 is 1.68 bits per heavy atom. The fourth-order valence-corrected chi connectivity index (χ4v) is 2.17. The van der Waals surface area contributed by atoms with Gasteiger partial charge in [0.15, 0.2) is 0 Å². The molecule has 0 aliphatic rings. The van der Waals surface area contributed by atoms with E-state index in [9.17, 15) is 0 Å². The number of halogens is 1. The van der Waals surface area contributed by atoms with Gasteiger partial charge in [-0.05, 0) is 35.2 Å². The molecule has 0 amide bonds. The molecule has 0 aliphatic heterocycles. The van der Waals surface area contributed by atoms with Gasteiger partial charge in [0.2, 0.25) is 0 Å². The molecule has 0 unspecified atom stereocenters. The number of hydrogen-bond acceptors (Lipinski definition) is 2. The summed E-state index contributed by atoms with van der Waals surface area (Å²) < 4.78 is 11.3. The summed E-state index contributed by atoms with van der Waals surface area (Å²) in [6, 6.07) is 16.9. The molecule has 2 aromatic rings. The van der Waals surface area contributed by atoms with E-state index >= 15 is 0 Å². The van der Waals surface area contributed by atoms with Crippen LogP contribution in [0.2, 0.25) is 0 Å². The van der Waals surface area contributed by atoms with E-state index in [-0.39, 0.29) is 0 Å². The van der Waals surface area contributed by atoms with Crippen LogP contribution >= 0.6 is 15.9 Å². The number of ether oxygens (including phenoxy) is 2. The standard InChI is InChI=1S/C16H17BrO2/c1-18-12-19-11-15-4-2-3-14(10-15)9-13-5-7-16(17)8-6-13/h2-8,10H,9,11-12H2,1H3. The lowest BCUT2D eigenvalue weighted by atomic mass is 10.0. The van der Waals surface area contributed by atoms with Crippen molar-refractivity contribution in [1.29, 1.82) is 0 Å². The molecule has 0 saturated heterocycles. The van der Waals surface area contributed by atoms with E-state index < -0.39 is 0 Å². The van der Waals surface area contributed by atoms with Crippen molar-refractivity contribution < 1.29 is 9.47 Å². The van der Waals surface area contributed by atoms with Crippen LogP contribution in [0.5, 0.6) is 0 Å². The van der Waals surface area contributed by atoms with Gasteiger partial charge in [-0.2, -0.15) is 0 Å². The first-order chi connectivity index (χ1) is 9.28. The SMILES string of the molecule is COCOCc1cccc(Cc2ccc(Br)cc2)c1. The lowest BCUT2D eigenvalue weighted by Gasteiger charge is -2.06. The lowest BCUT2D eigenvalue weighted by molar-refractivity contribution is -0.0390. The lowest BCUT2D eigenvalue weighted by Crippen LogP contribution is -1.98. The highest BCUT2D eigenvalue weighted by atomic mass is 79.9. The van der Waals surface area contributed by atoms with Crippen molar-refractivity contribution in [1.82, 2.24) is 0 Å². The van der Waals surface area contributed by atoms with Crippen LogP contribution in [0.3, 0.4) is 0 Å². The Labute approximate surface area is 122 Å². The molecule has 0 fully saturated rings. The molecule has 0 N–H and O–H groups in total. The van der Waals surface area contributed by atoms with Crippen LogP contribution in [0.1, 0.15) is 16.7 Å². The summed E-state index contributed by atoms with van der Waals surface area (Å²) in [5.74, 6) is 0. The highest BCUT2D eigenvalue weighted by Gasteiger charge is 1.99. The van der Waals surface area contributed by atoms with Crippen LogP contribution in [0, 0.1) is 0 Å². The van der Waals surface area contributed by atoms with E-state index in [0.717, 1.165) is 10.9 Å². The Bertz CT molecular complexity index is 508. The molecule has 3 heteroatoms. The first-order valence-corrected chi connectivity index (χ1v) is 6.96. The minimum absolute atomic E-state index is 0.330. The molecule has 0 radical (unpaired) electrons. The second-order valence-corrected chi connectivity index (χ2v) is 5.29. The highest BCUT2D eigenvalue weighted by Crippen LogP contribution is 2.15. The molecule has 2 nitrogen and oxygen atoms in total.